The number of carbonyl (C=O) groups is 1. The Kier molecular flexibility index (Phi) is 5.55. The molecule has 0 spiro atoms. The van der Waals surface area contributed by atoms with E-state index in [1.807, 2.05) is 18.2 Å². The van der Waals surface area contributed by atoms with E-state index in [9.17, 15) is 9.90 Å². The molecule has 1 aromatic rings. The third-order valence-corrected chi connectivity index (χ3v) is 3.97. The van der Waals surface area contributed by atoms with E-state index in [1.54, 1.807) is 21.9 Å². The van der Waals surface area contributed by atoms with Gasteiger partial charge in [0.1, 0.15) is 5.75 Å². The van der Waals surface area contributed by atoms with Crippen molar-refractivity contribution in [3.63, 3.8) is 0 Å². The number of aliphatic hydroxyl groups is 1. The van der Waals surface area contributed by atoms with Crippen LogP contribution in [0.3, 0.4) is 0 Å². The Morgan fingerprint density at radius 1 is 0.917 bits per heavy atom. The minimum absolute atomic E-state index is 0.0509. The Morgan fingerprint density at radius 2 is 1.46 bits per heavy atom. The third-order valence-electron chi connectivity index (χ3n) is 3.97. The normalized spacial score (nSPS) is 19.7. The highest BCUT2D eigenvalue weighted by Crippen LogP contribution is 2.19. The van der Waals surface area contributed by atoms with Crippen LogP contribution in [-0.4, -0.2) is 73.4 Å². The number of hydrogen-bond donors (Lipinski definition) is 1. The number of ether oxygens (including phenoxy) is 3. The maximum absolute atomic E-state index is 12.9. The second-order valence-corrected chi connectivity index (χ2v) is 5.57. The lowest BCUT2D eigenvalue weighted by Gasteiger charge is -2.31. The van der Waals surface area contributed by atoms with E-state index in [-0.39, 0.29) is 17.5 Å². The van der Waals surface area contributed by atoms with Gasteiger partial charge < -0.3 is 29.1 Å². The summed E-state index contributed by atoms with van der Waals surface area (Å²) in [6, 6.07) is 9.00. The maximum Gasteiger partial charge on any atom is 0.295 e. The Balaban J connectivity index is 1.85. The van der Waals surface area contributed by atoms with Crippen molar-refractivity contribution in [2.24, 2.45) is 0 Å². The molecule has 2 fully saturated rings. The van der Waals surface area contributed by atoms with Crippen molar-refractivity contribution in [3.8, 4) is 5.75 Å². The zero-order chi connectivity index (χ0) is 16.8. The molecule has 2 aliphatic rings. The predicted molar refractivity (Wildman–Crippen MR) is 86.5 cm³/mol. The first-order valence-corrected chi connectivity index (χ1v) is 8.11. The average Bonchev–Trinajstić information content (AvgIpc) is 2.67. The minimum atomic E-state index is -0.328. The number of benzene rings is 1. The molecule has 2 aliphatic heterocycles. The molecule has 2 heterocycles. The van der Waals surface area contributed by atoms with Gasteiger partial charge in [-0.3, -0.25) is 4.79 Å². The van der Waals surface area contributed by atoms with Crippen LogP contribution < -0.4 is 4.74 Å². The van der Waals surface area contributed by atoms with E-state index in [4.69, 9.17) is 14.2 Å². The summed E-state index contributed by atoms with van der Waals surface area (Å²) in [6.45, 7) is 4.00. The SMILES string of the molecule is O=C(/C(Oc1ccccc1)=C(\O)N1CCOCC1)N1CCOCC1. The van der Waals surface area contributed by atoms with E-state index >= 15 is 0 Å². The molecule has 0 atom stereocenters. The van der Waals surface area contributed by atoms with Crippen LogP contribution in [0.2, 0.25) is 0 Å². The fourth-order valence-electron chi connectivity index (χ4n) is 2.62. The van der Waals surface area contributed by atoms with Crippen LogP contribution in [0.4, 0.5) is 0 Å². The van der Waals surface area contributed by atoms with Gasteiger partial charge in [0.05, 0.1) is 26.4 Å². The van der Waals surface area contributed by atoms with Gasteiger partial charge in [0, 0.05) is 26.2 Å². The highest BCUT2D eigenvalue weighted by molar-refractivity contribution is 5.92. The second kappa shape index (κ2) is 8.03. The molecule has 1 amide bonds. The molecule has 0 saturated carbocycles. The lowest BCUT2D eigenvalue weighted by Crippen LogP contribution is -2.44. The van der Waals surface area contributed by atoms with Crippen molar-refractivity contribution in [1.82, 2.24) is 9.80 Å². The lowest BCUT2D eigenvalue weighted by atomic mass is 10.3. The minimum Gasteiger partial charge on any atom is -0.492 e. The van der Waals surface area contributed by atoms with E-state index in [0.717, 1.165) is 0 Å². The molecule has 7 nitrogen and oxygen atoms in total. The summed E-state index contributed by atoms with van der Waals surface area (Å²) in [5, 5.41) is 10.6. The zero-order valence-corrected chi connectivity index (χ0v) is 13.5. The number of carbonyl (C=O) groups excluding carboxylic acids is 1. The zero-order valence-electron chi connectivity index (χ0n) is 13.5. The molecule has 24 heavy (non-hydrogen) atoms. The number of amides is 1. The van der Waals surface area contributed by atoms with Crippen molar-refractivity contribution < 1.29 is 24.1 Å². The van der Waals surface area contributed by atoms with Gasteiger partial charge >= 0.3 is 0 Å². The fourth-order valence-corrected chi connectivity index (χ4v) is 2.62. The van der Waals surface area contributed by atoms with Crippen molar-refractivity contribution in [3.05, 3.63) is 42.0 Å². The highest BCUT2D eigenvalue weighted by Gasteiger charge is 2.29. The summed E-state index contributed by atoms with van der Waals surface area (Å²) >= 11 is 0. The molecule has 0 aromatic heterocycles. The molecule has 3 rings (SSSR count). The van der Waals surface area contributed by atoms with Gasteiger partial charge in [-0.2, -0.15) is 0 Å². The summed E-state index contributed by atoms with van der Waals surface area (Å²) in [5.74, 6) is -0.0105. The number of hydrogen-bond acceptors (Lipinski definition) is 6. The maximum atomic E-state index is 12.9. The smallest absolute Gasteiger partial charge is 0.295 e. The quantitative estimate of drug-likeness (QED) is 0.654. The van der Waals surface area contributed by atoms with Crippen LogP contribution >= 0.6 is 0 Å². The van der Waals surface area contributed by atoms with Gasteiger partial charge in [-0.05, 0) is 12.1 Å². The third kappa shape index (κ3) is 3.98. The van der Waals surface area contributed by atoms with Gasteiger partial charge in [-0.1, -0.05) is 18.2 Å². The lowest BCUT2D eigenvalue weighted by molar-refractivity contribution is -0.134. The van der Waals surface area contributed by atoms with Gasteiger partial charge in [0.25, 0.3) is 11.7 Å². The molecule has 0 radical (unpaired) electrons. The van der Waals surface area contributed by atoms with Crippen LogP contribution in [0, 0.1) is 0 Å². The first-order chi connectivity index (χ1) is 11.8. The van der Waals surface area contributed by atoms with Crippen LogP contribution in [0.15, 0.2) is 42.0 Å². The van der Waals surface area contributed by atoms with Gasteiger partial charge in [-0.15, -0.1) is 0 Å². The van der Waals surface area contributed by atoms with Crippen molar-refractivity contribution >= 4 is 5.91 Å². The molecule has 0 aliphatic carbocycles. The largest absolute Gasteiger partial charge is 0.492 e. The van der Waals surface area contributed by atoms with Crippen molar-refractivity contribution in [2.75, 3.05) is 52.6 Å². The van der Waals surface area contributed by atoms with Crippen LogP contribution in [0.1, 0.15) is 0 Å². The number of morpholine rings is 2. The molecule has 0 unspecified atom stereocenters. The average molecular weight is 334 g/mol. The molecule has 7 heteroatoms. The standard InChI is InChI=1S/C17H22N2O5/c20-16(18-6-10-22-11-7-18)15(24-14-4-2-1-3-5-14)17(21)19-8-12-23-13-9-19/h1-5,20H,6-13H2/b16-15+. The van der Waals surface area contributed by atoms with Gasteiger partial charge in [0.2, 0.25) is 5.88 Å². The molecular weight excluding hydrogens is 312 g/mol. The van der Waals surface area contributed by atoms with Crippen molar-refractivity contribution in [1.29, 1.82) is 0 Å². The Hall–Kier alpha value is -2.25. The summed E-state index contributed by atoms with van der Waals surface area (Å²) in [7, 11) is 0. The molecule has 0 bridgehead atoms. The monoisotopic (exact) mass is 334 g/mol. The molecule has 1 N–H and O–H groups in total. The molecule has 130 valence electrons. The number of para-hydroxylation sites is 1. The van der Waals surface area contributed by atoms with Crippen molar-refractivity contribution in [2.45, 2.75) is 0 Å². The van der Waals surface area contributed by atoms with E-state index in [0.29, 0.717) is 58.4 Å². The Morgan fingerprint density at radius 3 is 2.04 bits per heavy atom. The Labute approximate surface area is 141 Å². The molecule has 2 saturated heterocycles. The second-order valence-electron chi connectivity index (χ2n) is 5.57. The Bertz CT molecular complexity index is 578. The molecular formula is C17H22N2O5. The fraction of sp³-hybridized carbons (Fsp3) is 0.471. The number of nitrogens with zero attached hydrogens (tertiary/aromatic N) is 2. The first-order valence-electron chi connectivity index (χ1n) is 8.11. The summed E-state index contributed by atoms with van der Waals surface area (Å²) < 4.78 is 16.3. The van der Waals surface area contributed by atoms with E-state index in [1.165, 1.54) is 0 Å². The summed E-state index contributed by atoms with van der Waals surface area (Å²) in [4.78, 5) is 16.2. The molecule has 1 aromatic carbocycles. The van der Waals surface area contributed by atoms with Crippen LogP contribution in [-0.2, 0) is 14.3 Å². The van der Waals surface area contributed by atoms with Crippen LogP contribution in [0.5, 0.6) is 5.75 Å². The van der Waals surface area contributed by atoms with E-state index < -0.39 is 0 Å². The van der Waals surface area contributed by atoms with Gasteiger partial charge in [-0.25, -0.2) is 0 Å². The predicted octanol–water partition coefficient (Wildman–Crippen LogP) is 0.984. The number of aliphatic hydroxyl groups excluding tert-OH is 1. The number of rotatable bonds is 4. The first kappa shape index (κ1) is 16.6. The van der Waals surface area contributed by atoms with Crippen LogP contribution in [0.25, 0.3) is 0 Å². The highest BCUT2D eigenvalue weighted by atomic mass is 16.5. The van der Waals surface area contributed by atoms with E-state index in [2.05, 4.69) is 0 Å². The summed E-state index contributed by atoms with van der Waals surface area (Å²) in [5.41, 5.74) is 0. The van der Waals surface area contributed by atoms with Gasteiger partial charge in [0.15, 0.2) is 0 Å². The topological polar surface area (TPSA) is 71.5 Å². The summed E-state index contributed by atoms with van der Waals surface area (Å²) in [6.07, 6.45) is 0.